The van der Waals surface area contributed by atoms with Crippen LogP contribution in [0.4, 0.5) is 10.5 Å². The molecule has 0 spiro atoms. The van der Waals surface area contributed by atoms with E-state index in [9.17, 15) is 14.4 Å². The van der Waals surface area contributed by atoms with Crippen LogP contribution in [0.25, 0.3) is 0 Å². The van der Waals surface area contributed by atoms with E-state index in [0.717, 1.165) is 16.0 Å². The molecule has 7 heteroatoms. The minimum Gasteiger partial charge on any atom is -0.497 e. The Morgan fingerprint density at radius 3 is 2.38 bits per heavy atom. The Kier molecular flexibility index (Phi) is 5.59. The molecule has 0 radical (unpaired) electrons. The van der Waals surface area contributed by atoms with Crippen LogP contribution in [0.3, 0.4) is 0 Å². The molecule has 7 nitrogen and oxygen atoms in total. The van der Waals surface area contributed by atoms with Gasteiger partial charge in [-0.15, -0.1) is 0 Å². The molecule has 1 atom stereocenters. The van der Waals surface area contributed by atoms with Crippen molar-refractivity contribution in [3.8, 4) is 5.75 Å². The van der Waals surface area contributed by atoms with Crippen LogP contribution in [-0.4, -0.2) is 36.4 Å². The molecule has 2 N–H and O–H groups in total. The van der Waals surface area contributed by atoms with Gasteiger partial charge in [-0.1, -0.05) is 25.1 Å². The van der Waals surface area contributed by atoms with Gasteiger partial charge in [-0.3, -0.25) is 14.5 Å². The summed E-state index contributed by atoms with van der Waals surface area (Å²) in [5, 5.41) is 5.52. The number of hydrogen-bond acceptors (Lipinski definition) is 4. The molecule has 152 valence electrons. The normalized spacial score (nSPS) is 18.6. The van der Waals surface area contributed by atoms with Crippen LogP contribution in [0.2, 0.25) is 0 Å². The second-order valence-electron chi connectivity index (χ2n) is 7.16. The van der Waals surface area contributed by atoms with E-state index in [2.05, 4.69) is 10.6 Å². The van der Waals surface area contributed by atoms with Crippen molar-refractivity contribution < 1.29 is 19.1 Å². The van der Waals surface area contributed by atoms with Crippen LogP contribution >= 0.6 is 0 Å². The molecule has 0 saturated carbocycles. The number of urea groups is 1. The number of carbonyl (C=O) groups is 3. The van der Waals surface area contributed by atoms with Crippen LogP contribution in [0, 0.1) is 13.8 Å². The molecular formula is C22H25N3O4. The van der Waals surface area contributed by atoms with Crippen molar-refractivity contribution in [3.63, 3.8) is 0 Å². The zero-order chi connectivity index (χ0) is 21.2. The maximum Gasteiger partial charge on any atom is 0.325 e. The number of rotatable bonds is 6. The molecule has 1 aliphatic heterocycles. The first kappa shape index (κ1) is 20.4. The topological polar surface area (TPSA) is 87.7 Å². The van der Waals surface area contributed by atoms with Crippen LogP contribution in [0.15, 0.2) is 42.5 Å². The molecule has 29 heavy (non-hydrogen) atoms. The highest BCUT2D eigenvalue weighted by Crippen LogP contribution is 2.33. The Morgan fingerprint density at radius 2 is 1.79 bits per heavy atom. The summed E-state index contributed by atoms with van der Waals surface area (Å²) in [7, 11) is 1.56. The van der Waals surface area contributed by atoms with Gasteiger partial charge < -0.3 is 15.4 Å². The summed E-state index contributed by atoms with van der Waals surface area (Å²) in [4.78, 5) is 39.1. The molecule has 1 heterocycles. The summed E-state index contributed by atoms with van der Waals surface area (Å²) in [6, 6.07) is 11.9. The summed E-state index contributed by atoms with van der Waals surface area (Å²) in [6.07, 6.45) is 0.360. The molecule has 2 aromatic carbocycles. The SMILES string of the molecule is CC[C@]1(c2ccc(OC)cc2)NC(=O)N(CC(=O)Nc2ccc(C)c(C)c2)C1=O. The minimum absolute atomic E-state index is 0.352. The summed E-state index contributed by atoms with van der Waals surface area (Å²) < 4.78 is 5.16. The van der Waals surface area contributed by atoms with Gasteiger partial charge in [-0.25, -0.2) is 4.79 Å². The van der Waals surface area contributed by atoms with Gasteiger partial charge in [0.1, 0.15) is 17.8 Å². The third-order valence-electron chi connectivity index (χ3n) is 5.38. The van der Waals surface area contributed by atoms with Gasteiger partial charge in [0.05, 0.1) is 7.11 Å². The highest BCUT2D eigenvalue weighted by atomic mass is 16.5. The number of amides is 4. The van der Waals surface area contributed by atoms with E-state index in [1.807, 2.05) is 32.9 Å². The lowest BCUT2D eigenvalue weighted by Gasteiger charge is -2.26. The zero-order valence-electron chi connectivity index (χ0n) is 17.0. The van der Waals surface area contributed by atoms with Crippen molar-refractivity contribution in [3.05, 3.63) is 59.2 Å². The predicted octanol–water partition coefficient (Wildman–Crippen LogP) is 3.11. The lowest BCUT2D eigenvalue weighted by atomic mass is 9.87. The monoisotopic (exact) mass is 395 g/mol. The summed E-state index contributed by atoms with van der Waals surface area (Å²) in [5.74, 6) is -0.217. The largest absolute Gasteiger partial charge is 0.497 e. The maximum absolute atomic E-state index is 13.1. The fourth-order valence-corrected chi connectivity index (χ4v) is 3.45. The number of methoxy groups -OCH3 is 1. The lowest BCUT2D eigenvalue weighted by Crippen LogP contribution is -2.44. The van der Waals surface area contributed by atoms with Crippen molar-refractivity contribution >= 4 is 23.5 Å². The smallest absolute Gasteiger partial charge is 0.325 e. The number of aryl methyl sites for hydroxylation is 2. The molecular weight excluding hydrogens is 370 g/mol. The van der Waals surface area contributed by atoms with Crippen molar-refractivity contribution in [2.75, 3.05) is 19.0 Å². The highest BCUT2D eigenvalue weighted by molar-refractivity contribution is 6.10. The molecule has 0 unspecified atom stereocenters. The minimum atomic E-state index is -1.19. The third kappa shape index (κ3) is 3.81. The van der Waals surface area contributed by atoms with Gasteiger partial charge in [-0.05, 0) is 61.2 Å². The van der Waals surface area contributed by atoms with E-state index in [4.69, 9.17) is 4.74 Å². The Bertz CT molecular complexity index is 955. The first-order chi connectivity index (χ1) is 13.8. The van der Waals surface area contributed by atoms with Gasteiger partial charge in [-0.2, -0.15) is 0 Å². The summed E-state index contributed by atoms with van der Waals surface area (Å²) in [5.41, 5.74) is 2.24. The summed E-state index contributed by atoms with van der Waals surface area (Å²) >= 11 is 0. The van der Waals surface area contributed by atoms with E-state index in [1.54, 1.807) is 37.4 Å². The molecule has 3 rings (SSSR count). The Morgan fingerprint density at radius 1 is 1.10 bits per heavy atom. The lowest BCUT2D eigenvalue weighted by molar-refractivity contribution is -0.134. The molecule has 0 bridgehead atoms. The number of hydrogen-bond donors (Lipinski definition) is 2. The zero-order valence-corrected chi connectivity index (χ0v) is 17.0. The molecule has 1 fully saturated rings. The average Bonchev–Trinajstić information content (AvgIpc) is 2.96. The summed E-state index contributed by atoms with van der Waals surface area (Å²) in [6.45, 7) is 5.40. The van der Waals surface area contributed by atoms with Crippen LogP contribution < -0.4 is 15.4 Å². The molecule has 0 aromatic heterocycles. The number of ether oxygens (including phenoxy) is 1. The first-order valence-electron chi connectivity index (χ1n) is 9.46. The maximum atomic E-state index is 13.1. The second-order valence-corrected chi connectivity index (χ2v) is 7.16. The molecule has 0 aliphatic carbocycles. The van der Waals surface area contributed by atoms with E-state index in [-0.39, 0.29) is 6.54 Å². The second kappa shape index (κ2) is 7.95. The quantitative estimate of drug-likeness (QED) is 0.736. The van der Waals surface area contributed by atoms with Gasteiger partial charge in [0.15, 0.2) is 0 Å². The Balaban J connectivity index is 1.77. The number of anilines is 1. The Hall–Kier alpha value is -3.35. The van der Waals surface area contributed by atoms with E-state index >= 15 is 0 Å². The van der Waals surface area contributed by atoms with Gasteiger partial charge in [0.2, 0.25) is 5.91 Å². The van der Waals surface area contributed by atoms with Crippen LogP contribution in [0.1, 0.15) is 30.0 Å². The number of benzene rings is 2. The fourth-order valence-electron chi connectivity index (χ4n) is 3.45. The number of imide groups is 1. The number of carbonyl (C=O) groups excluding carboxylic acids is 3. The van der Waals surface area contributed by atoms with Crippen molar-refractivity contribution in [2.45, 2.75) is 32.7 Å². The van der Waals surface area contributed by atoms with Crippen LogP contribution in [0.5, 0.6) is 5.75 Å². The predicted molar refractivity (Wildman–Crippen MR) is 110 cm³/mol. The molecule has 1 saturated heterocycles. The van der Waals surface area contributed by atoms with Gasteiger partial charge >= 0.3 is 6.03 Å². The fraction of sp³-hybridized carbons (Fsp3) is 0.318. The molecule has 4 amide bonds. The van der Waals surface area contributed by atoms with E-state index in [0.29, 0.717) is 23.4 Å². The van der Waals surface area contributed by atoms with Crippen molar-refractivity contribution in [1.82, 2.24) is 10.2 Å². The van der Waals surface area contributed by atoms with Gasteiger partial charge in [0.25, 0.3) is 5.91 Å². The third-order valence-corrected chi connectivity index (χ3v) is 5.38. The van der Waals surface area contributed by atoms with Crippen molar-refractivity contribution in [1.29, 1.82) is 0 Å². The first-order valence-corrected chi connectivity index (χ1v) is 9.46. The highest BCUT2D eigenvalue weighted by Gasteiger charge is 2.51. The van der Waals surface area contributed by atoms with Gasteiger partial charge in [0, 0.05) is 5.69 Å². The standard InChI is InChI=1S/C22H25N3O4/c1-5-22(16-7-10-18(29-4)11-8-16)20(27)25(21(28)24-22)13-19(26)23-17-9-6-14(2)15(3)12-17/h6-12H,5,13H2,1-4H3,(H,23,26)(H,24,28)/t22-/m1/s1. The molecule has 2 aromatic rings. The average molecular weight is 395 g/mol. The van der Waals surface area contributed by atoms with Crippen LogP contribution in [-0.2, 0) is 15.1 Å². The Labute approximate surface area is 170 Å². The number of nitrogens with one attached hydrogen (secondary N) is 2. The number of nitrogens with zero attached hydrogens (tertiary/aromatic N) is 1. The van der Waals surface area contributed by atoms with E-state index in [1.165, 1.54) is 0 Å². The molecule has 1 aliphatic rings. The van der Waals surface area contributed by atoms with Crippen molar-refractivity contribution in [2.24, 2.45) is 0 Å². The van der Waals surface area contributed by atoms with E-state index < -0.39 is 23.4 Å².